The van der Waals surface area contributed by atoms with Gasteiger partial charge in [-0.3, -0.25) is 0 Å². The first-order valence-corrected chi connectivity index (χ1v) is 6.92. The van der Waals surface area contributed by atoms with Crippen LogP contribution < -0.4 is 0 Å². The number of nitrogens with zero attached hydrogens (tertiary/aromatic N) is 1. The number of hydrogen-bond donors (Lipinski definition) is 0. The van der Waals surface area contributed by atoms with Crippen LogP contribution in [0.3, 0.4) is 0 Å². The lowest BCUT2D eigenvalue weighted by Crippen LogP contribution is -2.18. The lowest BCUT2D eigenvalue weighted by atomic mass is 9.78. The SMILES string of the molecule is C/C(=C\c1cscn1)C(C)C(C)(C)C.CC. The van der Waals surface area contributed by atoms with Gasteiger partial charge in [-0.15, -0.1) is 11.3 Å². The summed E-state index contributed by atoms with van der Waals surface area (Å²) in [5.74, 6) is 0.587. The lowest BCUT2D eigenvalue weighted by Gasteiger charge is -2.28. The largest absolute Gasteiger partial charge is 0.245 e. The topological polar surface area (TPSA) is 12.9 Å². The Kier molecular flexibility index (Phi) is 6.58. The van der Waals surface area contributed by atoms with Gasteiger partial charge < -0.3 is 0 Å². The molecule has 1 atom stereocenters. The van der Waals surface area contributed by atoms with Gasteiger partial charge in [0.2, 0.25) is 0 Å². The minimum absolute atomic E-state index is 0.330. The summed E-state index contributed by atoms with van der Waals surface area (Å²) in [6.07, 6.45) is 2.19. The third kappa shape index (κ3) is 4.93. The van der Waals surface area contributed by atoms with Gasteiger partial charge in [-0.05, 0) is 24.3 Å². The second kappa shape index (κ2) is 6.85. The van der Waals surface area contributed by atoms with E-state index in [4.69, 9.17) is 0 Å². The Bertz CT molecular complexity index is 304. The quantitative estimate of drug-likeness (QED) is 0.686. The molecule has 1 nitrogen and oxygen atoms in total. The molecule has 0 fully saturated rings. The normalized spacial score (nSPS) is 14.1. The number of rotatable bonds is 2. The van der Waals surface area contributed by atoms with E-state index < -0.39 is 0 Å². The van der Waals surface area contributed by atoms with Crippen LogP contribution in [-0.4, -0.2) is 4.98 Å². The van der Waals surface area contributed by atoms with Crippen LogP contribution >= 0.6 is 11.3 Å². The highest BCUT2D eigenvalue weighted by molar-refractivity contribution is 7.07. The summed E-state index contributed by atoms with van der Waals surface area (Å²) in [4.78, 5) is 4.26. The minimum atomic E-state index is 0.330. The summed E-state index contributed by atoms with van der Waals surface area (Å²) in [7, 11) is 0. The van der Waals surface area contributed by atoms with Gasteiger partial charge in [0, 0.05) is 5.38 Å². The summed E-state index contributed by atoms with van der Waals surface area (Å²) in [5.41, 5.74) is 4.70. The maximum atomic E-state index is 4.26. The van der Waals surface area contributed by atoms with Crippen LogP contribution in [0.4, 0.5) is 0 Å². The maximum Gasteiger partial charge on any atom is 0.0798 e. The fourth-order valence-corrected chi connectivity index (χ4v) is 1.85. The van der Waals surface area contributed by atoms with E-state index in [1.54, 1.807) is 11.3 Å². The molecule has 2 heteroatoms. The summed E-state index contributed by atoms with van der Waals surface area (Å²) in [6.45, 7) is 15.3. The van der Waals surface area contributed by atoms with Crippen molar-refractivity contribution in [2.75, 3.05) is 0 Å². The molecule has 1 aromatic heterocycles. The van der Waals surface area contributed by atoms with Crippen LogP contribution in [0.2, 0.25) is 0 Å². The molecule has 0 saturated heterocycles. The van der Waals surface area contributed by atoms with Crippen molar-refractivity contribution in [3.8, 4) is 0 Å². The molecular weight excluding hydrogens is 214 g/mol. The Morgan fingerprint density at radius 3 is 2.31 bits per heavy atom. The van der Waals surface area contributed by atoms with E-state index in [0.29, 0.717) is 11.3 Å². The Morgan fingerprint density at radius 2 is 1.94 bits per heavy atom. The van der Waals surface area contributed by atoms with E-state index in [1.807, 2.05) is 19.4 Å². The van der Waals surface area contributed by atoms with Crippen LogP contribution in [0.5, 0.6) is 0 Å². The number of aromatic nitrogens is 1. The van der Waals surface area contributed by atoms with Crippen LogP contribution in [-0.2, 0) is 0 Å². The second-order valence-corrected chi connectivity index (χ2v) is 5.61. The molecule has 0 radical (unpaired) electrons. The van der Waals surface area contributed by atoms with Gasteiger partial charge in [0.1, 0.15) is 0 Å². The molecule has 0 aromatic carbocycles. The Balaban J connectivity index is 0.00000106. The van der Waals surface area contributed by atoms with E-state index in [2.05, 4.69) is 51.1 Å². The third-order valence-electron chi connectivity index (χ3n) is 2.81. The average molecular weight is 239 g/mol. The first-order chi connectivity index (χ1) is 7.41. The average Bonchev–Trinajstić information content (AvgIpc) is 2.71. The predicted octanol–water partition coefficient (Wildman–Crippen LogP) is 5.25. The fraction of sp³-hybridized carbons (Fsp3) is 0.643. The Morgan fingerprint density at radius 1 is 1.38 bits per heavy atom. The third-order valence-corrected chi connectivity index (χ3v) is 3.41. The van der Waals surface area contributed by atoms with Crippen molar-refractivity contribution in [1.29, 1.82) is 0 Å². The van der Waals surface area contributed by atoms with E-state index >= 15 is 0 Å². The molecule has 1 rings (SSSR count). The summed E-state index contributed by atoms with van der Waals surface area (Å²) < 4.78 is 0. The van der Waals surface area contributed by atoms with Crippen molar-refractivity contribution in [3.05, 3.63) is 22.2 Å². The maximum absolute atomic E-state index is 4.26. The van der Waals surface area contributed by atoms with Gasteiger partial charge in [0.15, 0.2) is 0 Å². The predicted molar refractivity (Wildman–Crippen MR) is 75.7 cm³/mol. The van der Waals surface area contributed by atoms with Gasteiger partial charge in [-0.1, -0.05) is 47.1 Å². The highest BCUT2D eigenvalue weighted by atomic mass is 32.1. The molecule has 0 amide bonds. The first-order valence-electron chi connectivity index (χ1n) is 5.97. The zero-order valence-electron chi connectivity index (χ0n) is 11.7. The lowest BCUT2D eigenvalue weighted by molar-refractivity contribution is 0.302. The van der Waals surface area contributed by atoms with Crippen molar-refractivity contribution in [3.63, 3.8) is 0 Å². The Labute approximate surface area is 105 Å². The number of thiazole rings is 1. The van der Waals surface area contributed by atoms with Crippen LogP contribution in [0.25, 0.3) is 6.08 Å². The van der Waals surface area contributed by atoms with E-state index in [0.717, 1.165) is 5.69 Å². The van der Waals surface area contributed by atoms with Crippen molar-refractivity contribution in [2.45, 2.75) is 48.5 Å². The standard InChI is InChI=1S/C12H19NS.C2H6/c1-9(10(2)12(3,4)5)6-11-7-14-8-13-11;1-2/h6-8,10H,1-5H3;1-2H3/b9-6+;. The number of hydrogen-bond acceptors (Lipinski definition) is 2. The molecule has 16 heavy (non-hydrogen) atoms. The van der Waals surface area contributed by atoms with Gasteiger partial charge in [0.25, 0.3) is 0 Å². The van der Waals surface area contributed by atoms with Crippen LogP contribution in [0.1, 0.15) is 54.2 Å². The van der Waals surface area contributed by atoms with Crippen molar-refractivity contribution < 1.29 is 0 Å². The highest BCUT2D eigenvalue weighted by Crippen LogP contribution is 2.31. The van der Waals surface area contributed by atoms with Gasteiger partial charge in [0.05, 0.1) is 11.2 Å². The summed E-state index contributed by atoms with van der Waals surface area (Å²) in [5, 5.41) is 2.08. The monoisotopic (exact) mass is 239 g/mol. The van der Waals surface area contributed by atoms with Crippen molar-refractivity contribution >= 4 is 17.4 Å². The fourth-order valence-electron chi connectivity index (χ4n) is 1.33. The van der Waals surface area contributed by atoms with Gasteiger partial charge >= 0.3 is 0 Å². The molecule has 0 saturated carbocycles. The second-order valence-electron chi connectivity index (χ2n) is 4.89. The molecule has 0 aliphatic carbocycles. The Hall–Kier alpha value is -0.630. The van der Waals surface area contributed by atoms with Gasteiger partial charge in [-0.25, -0.2) is 4.98 Å². The molecule has 1 aromatic rings. The molecule has 0 N–H and O–H groups in total. The first kappa shape index (κ1) is 15.4. The number of allylic oxidation sites excluding steroid dienone is 1. The van der Waals surface area contributed by atoms with Crippen molar-refractivity contribution in [1.82, 2.24) is 4.98 Å². The van der Waals surface area contributed by atoms with Crippen LogP contribution in [0.15, 0.2) is 16.5 Å². The van der Waals surface area contributed by atoms with Gasteiger partial charge in [-0.2, -0.15) is 0 Å². The summed E-state index contributed by atoms with van der Waals surface area (Å²) in [6, 6.07) is 0. The zero-order chi connectivity index (χ0) is 12.8. The molecule has 0 aliphatic heterocycles. The van der Waals surface area contributed by atoms with Crippen molar-refractivity contribution in [2.24, 2.45) is 11.3 Å². The van der Waals surface area contributed by atoms with E-state index in [1.165, 1.54) is 5.57 Å². The van der Waals surface area contributed by atoms with E-state index in [-0.39, 0.29) is 0 Å². The molecule has 0 spiro atoms. The molecule has 92 valence electrons. The van der Waals surface area contributed by atoms with E-state index in [9.17, 15) is 0 Å². The highest BCUT2D eigenvalue weighted by Gasteiger charge is 2.21. The minimum Gasteiger partial charge on any atom is -0.245 e. The molecule has 1 unspecified atom stereocenters. The molecule has 0 aliphatic rings. The molecule has 0 bridgehead atoms. The zero-order valence-corrected chi connectivity index (χ0v) is 12.5. The molecule has 1 heterocycles. The molecular formula is C14H25NS. The smallest absolute Gasteiger partial charge is 0.0798 e. The summed E-state index contributed by atoms with van der Waals surface area (Å²) >= 11 is 1.65. The van der Waals surface area contributed by atoms with Crippen LogP contribution in [0, 0.1) is 11.3 Å².